The summed E-state index contributed by atoms with van der Waals surface area (Å²) in [5.41, 5.74) is 2.38. The third-order valence-electron chi connectivity index (χ3n) is 3.19. The molecule has 0 saturated heterocycles. The lowest BCUT2D eigenvalue weighted by molar-refractivity contribution is 0.0430. The van der Waals surface area contributed by atoms with Crippen molar-refractivity contribution in [2.45, 2.75) is 6.61 Å². The molecule has 118 valence electrons. The summed E-state index contributed by atoms with van der Waals surface area (Å²) >= 11 is 1.55. The number of rotatable bonds is 5. The maximum absolute atomic E-state index is 12.0. The van der Waals surface area contributed by atoms with Gasteiger partial charge in [0, 0.05) is 30.7 Å². The molecule has 2 heterocycles. The SMILES string of the molecule is CN(C)c1ccc(C(=O)OCc2nc(-c3ccsc3)no2)cc1. The first-order valence-electron chi connectivity index (χ1n) is 6.93. The second kappa shape index (κ2) is 6.62. The van der Waals surface area contributed by atoms with Gasteiger partial charge in [0.1, 0.15) is 0 Å². The number of ether oxygens (including phenoxy) is 1. The van der Waals surface area contributed by atoms with Gasteiger partial charge in [-0.05, 0) is 35.7 Å². The first kappa shape index (κ1) is 15.2. The number of hydrogen-bond donors (Lipinski definition) is 0. The van der Waals surface area contributed by atoms with Crippen LogP contribution in [0.15, 0.2) is 45.6 Å². The van der Waals surface area contributed by atoms with Crippen LogP contribution in [0.3, 0.4) is 0 Å². The van der Waals surface area contributed by atoms with E-state index < -0.39 is 5.97 Å². The van der Waals surface area contributed by atoms with Crippen LogP contribution in [0.1, 0.15) is 16.2 Å². The monoisotopic (exact) mass is 329 g/mol. The number of benzene rings is 1. The van der Waals surface area contributed by atoms with E-state index in [0.29, 0.717) is 11.4 Å². The molecule has 0 N–H and O–H groups in total. The van der Waals surface area contributed by atoms with Gasteiger partial charge in [-0.3, -0.25) is 0 Å². The van der Waals surface area contributed by atoms with Crippen molar-refractivity contribution in [1.29, 1.82) is 0 Å². The molecule has 3 aromatic rings. The molecule has 0 amide bonds. The second-order valence-corrected chi connectivity index (χ2v) is 5.82. The number of carbonyl (C=O) groups excluding carboxylic acids is 1. The van der Waals surface area contributed by atoms with Crippen LogP contribution < -0.4 is 4.90 Å². The van der Waals surface area contributed by atoms with Crippen LogP contribution in [0.25, 0.3) is 11.4 Å². The number of carbonyl (C=O) groups is 1. The molecule has 7 heteroatoms. The molecular weight excluding hydrogens is 314 g/mol. The Hall–Kier alpha value is -2.67. The van der Waals surface area contributed by atoms with E-state index in [2.05, 4.69) is 10.1 Å². The molecule has 0 bridgehead atoms. The molecule has 0 spiro atoms. The Balaban J connectivity index is 1.60. The minimum absolute atomic E-state index is 0.0502. The summed E-state index contributed by atoms with van der Waals surface area (Å²) in [6.07, 6.45) is 0. The van der Waals surface area contributed by atoms with Crippen LogP contribution in [0.2, 0.25) is 0 Å². The third kappa shape index (κ3) is 3.57. The van der Waals surface area contributed by atoms with E-state index >= 15 is 0 Å². The molecular formula is C16H15N3O3S. The summed E-state index contributed by atoms with van der Waals surface area (Å²) in [4.78, 5) is 18.2. The summed E-state index contributed by atoms with van der Waals surface area (Å²) in [7, 11) is 3.88. The Morgan fingerprint density at radius 1 is 1.26 bits per heavy atom. The van der Waals surface area contributed by atoms with Gasteiger partial charge >= 0.3 is 5.97 Å². The zero-order valence-electron chi connectivity index (χ0n) is 12.7. The van der Waals surface area contributed by atoms with Gasteiger partial charge in [-0.2, -0.15) is 16.3 Å². The maximum Gasteiger partial charge on any atom is 0.338 e. The molecule has 0 aliphatic rings. The molecule has 23 heavy (non-hydrogen) atoms. The highest BCUT2D eigenvalue weighted by Crippen LogP contribution is 2.19. The number of esters is 1. The molecule has 0 fully saturated rings. The molecule has 1 aromatic carbocycles. The molecule has 0 radical (unpaired) electrons. The van der Waals surface area contributed by atoms with Gasteiger partial charge < -0.3 is 14.2 Å². The first-order valence-corrected chi connectivity index (χ1v) is 7.87. The molecule has 0 aliphatic heterocycles. The van der Waals surface area contributed by atoms with Gasteiger partial charge in [0.25, 0.3) is 5.89 Å². The normalized spacial score (nSPS) is 10.5. The summed E-state index contributed by atoms with van der Waals surface area (Å²) < 4.78 is 10.3. The average Bonchev–Trinajstić information content (AvgIpc) is 3.23. The van der Waals surface area contributed by atoms with Crippen molar-refractivity contribution >= 4 is 23.0 Å². The van der Waals surface area contributed by atoms with E-state index in [9.17, 15) is 4.79 Å². The van der Waals surface area contributed by atoms with Gasteiger partial charge in [-0.25, -0.2) is 4.79 Å². The smallest absolute Gasteiger partial charge is 0.338 e. The van der Waals surface area contributed by atoms with Crippen LogP contribution >= 0.6 is 11.3 Å². The number of anilines is 1. The molecule has 0 aliphatic carbocycles. The Bertz CT molecular complexity index is 779. The van der Waals surface area contributed by atoms with Gasteiger partial charge in [-0.1, -0.05) is 5.16 Å². The fourth-order valence-corrected chi connectivity index (χ4v) is 2.56. The van der Waals surface area contributed by atoms with Crippen molar-refractivity contribution in [3.8, 4) is 11.4 Å². The van der Waals surface area contributed by atoms with E-state index in [1.54, 1.807) is 23.5 Å². The lowest BCUT2D eigenvalue weighted by atomic mass is 10.2. The van der Waals surface area contributed by atoms with Crippen molar-refractivity contribution in [2.75, 3.05) is 19.0 Å². The van der Waals surface area contributed by atoms with Crippen molar-refractivity contribution in [1.82, 2.24) is 10.1 Å². The fraction of sp³-hybridized carbons (Fsp3) is 0.188. The van der Waals surface area contributed by atoms with Crippen LogP contribution in [0.5, 0.6) is 0 Å². The Morgan fingerprint density at radius 3 is 2.70 bits per heavy atom. The Kier molecular flexibility index (Phi) is 4.38. The topological polar surface area (TPSA) is 68.5 Å². The molecule has 0 saturated carbocycles. The number of hydrogen-bond acceptors (Lipinski definition) is 7. The first-order chi connectivity index (χ1) is 11.1. The summed E-state index contributed by atoms with van der Waals surface area (Å²) in [6.45, 7) is -0.0502. The van der Waals surface area contributed by atoms with E-state index in [1.165, 1.54) is 0 Å². The summed E-state index contributed by atoms with van der Waals surface area (Å²) in [6, 6.07) is 9.07. The standard InChI is InChI=1S/C16H15N3O3S/c1-19(2)13-5-3-11(4-6-13)16(20)21-9-14-17-15(18-22-14)12-7-8-23-10-12/h3-8,10H,9H2,1-2H3. The average molecular weight is 329 g/mol. The van der Waals surface area contributed by atoms with E-state index in [4.69, 9.17) is 9.26 Å². The molecule has 0 atom stereocenters. The third-order valence-corrected chi connectivity index (χ3v) is 3.88. The maximum atomic E-state index is 12.0. The molecule has 3 rings (SSSR count). The quantitative estimate of drug-likeness (QED) is 0.670. The van der Waals surface area contributed by atoms with Crippen molar-refractivity contribution < 1.29 is 14.1 Å². The van der Waals surface area contributed by atoms with Crippen molar-refractivity contribution in [3.63, 3.8) is 0 Å². The molecule has 6 nitrogen and oxygen atoms in total. The van der Waals surface area contributed by atoms with Gasteiger partial charge in [-0.15, -0.1) is 0 Å². The predicted molar refractivity (Wildman–Crippen MR) is 87.5 cm³/mol. The highest BCUT2D eigenvalue weighted by Gasteiger charge is 2.12. The molecule has 2 aromatic heterocycles. The number of nitrogens with zero attached hydrogens (tertiary/aromatic N) is 3. The lowest BCUT2D eigenvalue weighted by Crippen LogP contribution is -2.09. The minimum Gasteiger partial charge on any atom is -0.452 e. The highest BCUT2D eigenvalue weighted by atomic mass is 32.1. The Labute approximate surface area is 137 Å². The number of thiophene rings is 1. The predicted octanol–water partition coefficient (Wildman–Crippen LogP) is 3.22. The minimum atomic E-state index is -0.425. The fourth-order valence-electron chi connectivity index (χ4n) is 1.93. The van der Waals surface area contributed by atoms with Gasteiger partial charge in [0.05, 0.1) is 5.56 Å². The molecule has 0 unspecified atom stereocenters. The highest BCUT2D eigenvalue weighted by molar-refractivity contribution is 7.08. The summed E-state index contributed by atoms with van der Waals surface area (Å²) in [5, 5.41) is 7.72. The van der Waals surface area contributed by atoms with Crippen LogP contribution in [0, 0.1) is 0 Å². The zero-order valence-corrected chi connectivity index (χ0v) is 13.5. The van der Waals surface area contributed by atoms with Crippen LogP contribution in [-0.2, 0) is 11.3 Å². The van der Waals surface area contributed by atoms with Crippen LogP contribution in [0.4, 0.5) is 5.69 Å². The van der Waals surface area contributed by atoms with E-state index in [0.717, 1.165) is 11.3 Å². The Morgan fingerprint density at radius 2 is 2.04 bits per heavy atom. The van der Waals surface area contributed by atoms with Crippen molar-refractivity contribution in [3.05, 3.63) is 52.5 Å². The van der Waals surface area contributed by atoms with Crippen LogP contribution in [-0.4, -0.2) is 30.2 Å². The largest absolute Gasteiger partial charge is 0.452 e. The second-order valence-electron chi connectivity index (χ2n) is 5.04. The number of aromatic nitrogens is 2. The lowest BCUT2D eigenvalue weighted by Gasteiger charge is -2.12. The van der Waals surface area contributed by atoms with Gasteiger partial charge in [0.15, 0.2) is 6.61 Å². The zero-order chi connectivity index (χ0) is 16.2. The van der Waals surface area contributed by atoms with E-state index in [1.807, 2.05) is 48.0 Å². The van der Waals surface area contributed by atoms with Gasteiger partial charge in [0.2, 0.25) is 5.82 Å². The van der Waals surface area contributed by atoms with E-state index in [-0.39, 0.29) is 12.5 Å². The summed E-state index contributed by atoms with van der Waals surface area (Å²) in [5.74, 6) is 0.336. The van der Waals surface area contributed by atoms with Crippen molar-refractivity contribution in [2.24, 2.45) is 0 Å².